The lowest BCUT2D eigenvalue weighted by molar-refractivity contribution is -0.167. The Hall–Kier alpha value is -1.59. The third-order valence-electron chi connectivity index (χ3n) is 10.7. The highest BCUT2D eigenvalue weighted by Gasteiger charge is 2.19. The molecule has 54 heavy (non-hydrogen) atoms. The summed E-state index contributed by atoms with van der Waals surface area (Å²) in [6.45, 7) is 11.3. The summed E-state index contributed by atoms with van der Waals surface area (Å²) >= 11 is 0. The molecule has 0 aromatic heterocycles. The van der Waals surface area contributed by atoms with Gasteiger partial charge in [0.15, 0.2) is 6.10 Å². The summed E-state index contributed by atoms with van der Waals surface area (Å²) in [6.07, 6.45) is 39.4. The van der Waals surface area contributed by atoms with E-state index in [0.717, 1.165) is 69.6 Å². The minimum absolute atomic E-state index is 0.0647. The van der Waals surface area contributed by atoms with Gasteiger partial charge in [-0.25, -0.2) is 0 Å². The minimum atomic E-state index is -0.761. The Morgan fingerprint density at radius 3 is 0.907 bits per heavy atom. The van der Waals surface area contributed by atoms with Crippen molar-refractivity contribution in [2.75, 3.05) is 13.2 Å². The molecule has 0 saturated carbocycles. The average Bonchev–Trinajstić information content (AvgIpc) is 3.14. The van der Waals surface area contributed by atoms with Crippen molar-refractivity contribution in [2.24, 2.45) is 11.8 Å². The lowest BCUT2D eigenvalue weighted by Crippen LogP contribution is -2.30. The second kappa shape index (κ2) is 41.1. The molecule has 0 aliphatic rings. The predicted molar refractivity (Wildman–Crippen MR) is 229 cm³/mol. The molecule has 0 bridgehead atoms. The van der Waals surface area contributed by atoms with Crippen molar-refractivity contribution in [3.63, 3.8) is 0 Å². The molecule has 0 heterocycles. The van der Waals surface area contributed by atoms with E-state index in [1.807, 2.05) is 0 Å². The zero-order valence-corrected chi connectivity index (χ0v) is 36.8. The molecular formula is C48H92O6. The van der Waals surface area contributed by atoms with Gasteiger partial charge in [0, 0.05) is 19.3 Å². The molecule has 0 saturated heterocycles. The van der Waals surface area contributed by atoms with Crippen LogP contribution >= 0.6 is 0 Å². The van der Waals surface area contributed by atoms with Crippen molar-refractivity contribution in [3.05, 3.63) is 0 Å². The molecule has 0 radical (unpaired) electrons. The molecule has 320 valence electrons. The highest BCUT2D eigenvalue weighted by atomic mass is 16.6. The zero-order valence-electron chi connectivity index (χ0n) is 36.8. The van der Waals surface area contributed by atoms with Crippen LogP contribution in [0.4, 0.5) is 0 Å². The lowest BCUT2D eigenvalue weighted by Gasteiger charge is -2.18. The van der Waals surface area contributed by atoms with Crippen LogP contribution in [0.5, 0.6) is 0 Å². The lowest BCUT2D eigenvalue weighted by atomic mass is 10.0. The molecule has 6 nitrogen and oxygen atoms in total. The first-order valence-corrected chi connectivity index (χ1v) is 23.7. The molecule has 0 N–H and O–H groups in total. The third-order valence-corrected chi connectivity index (χ3v) is 10.7. The molecule has 0 aromatic carbocycles. The quantitative estimate of drug-likeness (QED) is 0.0350. The van der Waals surface area contributed by atoms with Crippen LogP contribution < -0.4 is 0 Å². The van der Waals surface area contributed by atoms with Gasteiger partial charge in [-0.3, -0.25) is 14.4 Å². The average molecular weight is 765 g/mol. The van der Waals surface area contributed by atoms with Crippen LogP contribution in [-0.4, -0.2) is 37.2 Å². The zero-order chi connectivity index (χ0) is 39.7. The largest absolute Gasteiger partial charge is 0.462 e. The first-order chi connectivity index (χ1) is 26.2. The van der Waals surface area contributed by atoms with E-state index >= 15 is 0 Å². The van der Waals surface area contributed by atoms with Gasteiger partial charge in [-0.15, -0.1) is 0 Å². The van der Waals surface area contributed by atoms with E-state index in [1.165, 1.54) is 148 Å². The molecule has 0 rings (SSSR count). The Labute approximate surface area is 336 Å². The maximum Gasteiger partial charge on any atom is 0.306 e. The van der Waals surface area contributed by atoms with Gasteiger partial charge in [-0.2, -0.15) is 0 Å². The van der Waals surface area contributed by atoms with E-state index in [2.05, 4.69) is 34.6 Å². The molecule has 1 atom stereocenters. The van der Waals surface area contributed by atoms with Crippen LogP contribution in [0.15, 0.2) is 0 Å². The van der Waals surface area contributed by atoms with Crippen LogP contribution in [0.1, 0.15) is 259 Å². The van der Waals surface area contributed by atoms with Crippen molar-refractivity contribution in [1.29, 1.82) is 0 Å². The number of carbonyl (C=O) groups excluding carboxylic acids is 3. The summed E-state index contributed by atoms with van der Waals surface area (Å²) in [5.74, 6) is 0.756. The standard InChI is InChI=1S/C48H92O6/c1-6-7-8-9-10-11-12-13-17-23-28-33-38-46(49)52-41-45(42-53-47(50)39-34-29-24-20-19-22-27-32-37-44(4)5)54-48(51)40-35-30-25-18-15-14-16-21-26-31-36-43(2)3/h43-45H,6-42H2,1-5H3/t45-/m1/s1. The van der Waals surface area contributed by atoms with Gasteiger partial charge in [0.1, 0.15) is 13.2 Å². The van der Waals surface area contributed by atoms with Crippen molar-refractivity contribution in [1.82, 2.24) is 0 Å². The first-order valence-electron chi connectivity index (χ1n) is 23.7. The smallest absolute Gasteiger partial charge is 0.306 e. The van der Waals surface area contributed by atoms with E-state index in [1.54, 1.807) is 0 Å². The summed E-state index contributed by atoms with van der Waals surface area (Å²) in [4.78, 5) is 37.8. The van der Waals surface area contributed by atoms with E-state index < -0.39 is 6.10 Å². The van der Waals surface area contributed by atoms with Gasteiger partial charge in [0.25, 0.3) is 0 Å². The summed E-state index contributed by atoms with van der Waals surface area (Å²) in [5, 5.41) is 0. The van der Waals surface area contributed by atoms with Crippen LogP contribution in [0.25, 0.3) is 0 Å². The Bertz CT molecular complexity index is 824. The fraction of sp³-hybridized carbons (Fsp3) is 0.938. The van der Waals surface area contributed by atoms with Crippen molar-refractivity contribution in [2.45, 2.75) is 265 Å². The number of unbranched alkanes of at least 4 members (excludes halogenated alkanes) is 27. The van der Waals surface area contributed by atoms with Gasteiger partial charge in [-0.1, -0.05) is 221 Å². The number of esters is 3. The van der Waals surface area contributed by atoms with Crippen molar-refractivity contribution < 1.29 is 28.6 Å². The molecule has 0 aromatic rings. The van der Waals surface area contributed by atoms with Gasteiger partial charge < -0.3 is 14.2 Å². The summed E-state index contributed by atoms with van der Waals surface area (Å²) in [7, 11) is 0. The van der Waals surface area contributed by atoms with Gasteiger partial charge in [0.2, 0.25) is 0 Å². The molecule has 0 aliphatic carbocycles. The molecular weight excluding hydrogens is 673 g/mol. The van der Waals surface area contributed by atoms with Crippen molar-refractivity contribution >= 4 is 17.9 Å². The van der Waals surface area contributed by atoms with Gasteiger partial charge in [0.05, 0.1) is 0 Å². The maximum atomic E-state index is 12.7. The highest BCUT2D eigenvalue weighted by Crippen LogP contribution is 2.17. The van der Waals surface area contributed by atoms with E-state index in [4.69, 9.17) is 14.2 Å². The number of ether oxygens (including phenoxy) is 3. The number of rotatable bonds is 42. The molecule has 0 unspecified atom stereocenters. The Morgan fingerprint density at radius 2 is 0.611 bits per heavy atom. The number of hydrogen-bond acceptors (Lipinski definition) is 6. The maximum absolute atomic E-state index is 12.7. The molecule has 0 amide bonds. The molecule has 0 fully saturated rings. The normalized spacial score (nSPS) is 12.1. The summed E-state index contributed by atoms with van der Waals surface area (Å²) in [6, 6.07) is 0. The summed E-state index contributed by atoms with van der Waals surface area (Å²) in [5.41, 5.74) is 0. The third kappa shape index (κ3) is 41.6. The monoisotopic (exact) mass is 765 g/mol. The van der Waals surface area contributed by atoms with Gasteiger partial charge >= 0.3 is 17.9 Å². The van der Waals surface area contributed by atoms with E-state index in [9.17, 15) is 14.4 Å². The number of hydrogen-bond donors (Lipinski definition) is 0. The van der Waals surface area contributed by atoms with Crippen LogP contribution in [-0.2, 0) is 28.6 Å². The molecule has 0 aliphatic heterocycles. The molecule has 0 spiro atoms. The second-order valence-electron chi connectivity index (χ2n) is 17.3. The van der Waals surface area contributed by atoms with Crippen LogP contribution in [0.2, 0.25) is 0 Å². The van der Waals surface area contributed by atoms with E-state index in [0.29, 0.717) is 19.3 Å². The highest BCUT2D eigenvalue weighted by molar-refractivity contribution is 5.71. The van der Waals surface area contributed by atoms with Crippen molar-refractivity contribution in [3.8, 4) is 0 Å². The fourth-order valence-corrected chi connectivity index (χ4v) is 7.11. The minimum Gasteiger partial charge on any atom is -0.462 e. The van der Waals surface area contributed by atoms with Gasteiger partial charge in [-0.05, 0) is 31.1 Å². The number of carbonyl (C=O) groups is 3. The Morgan fingerprint density at radius 1 is 0.352 bits per heavy atom. The van der Waals surface area contributed by atoms with E-state index in [-0.39, 0.29) is 31.1 Å². The Kier molecular flexibility index (Phi) is 39.8. The molecule has 6 heteroatoms. The Balaban J connectivity index is 4.34. The fourth-order valence-electron chi connectivity index (χ4n) is 7.11. The summed E-state index contributed by atoms with van der Waals surface area (Å²) < 4.78 is 16.7. The topological polar surface area (TPSA) is 78.9 Å². The van der Waals surface area contributed by atoms with Crippen LogP contribution in [0.3, 0.4) is 0 Å². The SMILES string of the molecule is CCCCCCCCCCCCCCC(=O)OC[C@H](COC(=O)CCCCCCCCCCC(C)C)OC(=O)CCCCCCCCCCCCC(C)C. The van der Waals surface area contributed by atoms with Crippen LogP contribution in [0, 0.1) is 11.8 Å². The second-order valence-corrected chi connectivity index (χ2v) is 17.3. The first kappa shape index (κ1) is 52.4. The predicted octanol–water partition coefficient (Wildman–Crippen LogP) is 15.0.